The molecule has 2 N–H and O–H groups in total. The molecule has 1 aliphatic heterocycles. The maximum atomic E-state index is 5.44. The fourth-order valence-corrected chi connectivity index (χ4v) is 3.55. The summed E-state index contributed by atoms with van der Waals surface area (Å²) in [5, 5.41) is 11.0. The highest BCUT2D eigenvalue weighted by Gasteiger charge is 2.26. The molecule has 0 unspecified atom stereocenters. The molecule has 7 nitrogen and oxygen atoms in total. The van der Waals surface area contributed by atoms with Crippen LogP contribution >= 0.6 is 0 Å². The highest BCUT2D eigenvalue weighted by Crippen LogP contribution is 2.40. The van der Waals surface area contributed by atoms with Gasteiger partial charge in [-0.15, -0.1) is 0 Å². The van der Waals surface area contributed by atoms with Crippen LogP contribution < -0.4 is 10.2 Å². The maximum absolute atomic E-state index is 5.44. The van der Waals surface area contributed by atoms with Gasteiger partial charge in [0.15, 0.2) is 5.82 Å². The minimum absolute atomic E-state index is 0.674. The predicted octanol–water partition coefficient (Wildman–Crippen LogP) is 2.15. The topological polar surface area (TPSA) is 79.0 Å². The van der Waals surface area contributed by atoms with Crippen molar-refractivity contribution in [3.8, 4) is 0 Å². The van der Waals surface area contributed by atoms with Crippen molar-refractivity contribution in [1.29, 1.82) is 0 Å². The molecule has 0 amide bonds. The standard InChI is InChI=1S/C17H22N6O/c1-2-12-13(3-1)18-17(23-6-8-24-9-7-23)20-16(12)19-15-10-14(21-22-15)11-4-5-11/h10-11H,1-9H2,(H2,18,19,20,21,22). The number of ether oxygens (including phenoxy) is 1. The van der Waals surface area contributed by atoms with Crippen LogP contribution in [0.4, 0.5) is 17.6 Å². The molecule has 24 heavy (non-hydrogen) atoms. The number of rotatable bonds is 4. The molecular formula is C17H22N6O. The molecule has 7 heteroatoms. The van der Waals surface area contributed by atoms with Gasteiger partial charge in [-0.2, -0.15) is 10.1 Å². The highest BCUT2D eigenvalue weighted by molar-refractivity contribution is 5.60. The largest absolute Gasteiger partial charge is 0.378 e. The Morgan fingerprint density at radius 2 is 2.04 bits per heavy atom. The third-order valence-corrected chi connectivity index (χ3v) is 5.08. The Bertz CT molecular complexity index is 748. The summed E-state index contributed by atoms with van der Waals surface area (Å²) in [4.78, 5) is 11.9. The Morgan fingerprint density at radius 1 is 1.17 bits per heavy atom. The molecule has 1 saturated heterocycles. The minimum Gasteiger partial charge on any atom is -0.378 e. The second-order valence-corrected chi connectivity index (χ2v) is 6.86. The van der Waals surface area contributed by atoms with Crippen molar-refractivity contribution in [2.24, 2.45) is 0 Å². The number of nitrogens with zero attached hydrogens (tertiary/aromatic N) is 4. The van der Waals surface area contributed by atoms with Gasteiger partial charge in [0, 0.05) is 36.3 Å². The Labute approximate surface area is 140 Å². The summed E-state index contributed by atoms with van der Waals surface area (Å²) in [7, 11) is 0. The second-order valence-electron chi connectivity index (χ2n) is 6.86. The molecule has 3 aliphatic rings. The molecule has 3 heterocycles. The van der Waals surface area contributed by atoms with Gasteiger partial charge in [0.05, 0.1) is 18.9 Å². The Balaban J connectivity index is 1.45. The Hall–Kier alpha value is -2.15. The van der Waals surface area contributed by atoms with E-state index in [1.165, 1.54) is 29.8 Å². The van der Waals surface area contributed by atoms with E-state index < -0.39 is 0 Å². The number of aromatic amines is 1. The first-order valence-corrected chi connectivity index (χ1v) is 8.91. The number of nitrogens with one attached hydrogen (secondary N) is 2. The van der Waals surface area contributed by atoms with Gasteiger partial charge in [-0.1, -0.05) is 0 Å². The fraction of sp³-hybridized carbons (Fsp3) is 0.588. The first kappa shape index (κ1) is 14.2. The van der Waals surface area contributed by atoms with Gasteiger partial charge in [0.2, 0.25) is 5.95 Å². The van der Waals surface area contributed by atoms with E-state index in [0.29, 0.717) is 5.92 Å². The lowest BCUT2D eigenvalue weighted by atomic mass is 10.2. The fourth-order valence-electron chi connectivity index (χ4n) is 3.55. The number of anilines is 3. The number of morpholine rings is 1. The predicted molar refractivity (Wildman–Crippen MR) is 90.9 cm³/mol. The van der Waals surface area contributed by atoms with E-state index in [2.05, 4.69) is 26.5 Å². The van der Waals surface area contributed by atoms with Crippen LogP contribution in [0.1, 0.15) is 42.1 Å². The van der Waals surface area contributed by atoms with Gasteiger partial charge in [-0.25, -0.2) is 4.98 Å². The molecule has 0 atom stereocenters. The zero-order valence-corrected chi connectivity index (χ0v) is 13.7. The summed E-state index contributed by atoms with van der Waals surface area (Å²) >= 11 is 0. The molecule has 5 rings (SSSR count). The van der Waals surface area contributed by atoms with Crippen molar-refractivity contribution in [3.63, 3.8) is 0 Å². The molecule has 0 spiro atoms. The molecule has 2 fully saturated rings. The average molecular weight is 326 g/mol. The molecule has 0 radical (unpaired) electrons. The summed E-state index contributed by atoms with van der Waals surface area (Å²) in [5.74, 6) is 3.28. The van der Waals surface area contributed by atoms with E-state index in [0.717, 1.165) is 63.1 Å². The van der Waals surface area contributed by atoms with Crippen molar-refractivity contribution in [3.05, 3.63) is 23.0 Å². The summed E-state index contributed by atoms with van der Waals surface area (Å²) in [6.45, 7) is 3.19. The van der Waals surface area contributed by atoms with Crippen LogP contribution in [0.25, 0.3) is 0 Å². The number of H-pyrrole nitrogens is 1. The first-order chi connectivity index (χ1) is 11.9. The van der Waals surface area contributed by atoms with E-state index in [4.69, 9.17) is 14.7 Å². The molecular weight excluding hydrogens is 304 g/mol. The summed E-state index contributed by atoms with van der Waals surface area (Å²) in [6.07, 6.45) is 5.77. The maximum Gasteiger partial charge on any atom is 0.227 e. The van der Waals surface area contributed by atoms with Crippen molar-refractivity contribution >= 4 is 17.6 Å². The first-order valence-electron chi connectivity index (χ1n) is 8.91. The van der Waals surface area contributed by atoms with Crippen LogP contribution in [-0.2, 0) is 17.6 Å². The van der Waals surface area contributed by atoms with Gasteiger partial charge >= 0.3 is 0 Å². The van der Waals surface area contributed by atoms with Crippen molar-refractivity contribution in [2.45, 2.75) is 38.0 Å². The quantitative estimate of drug-likeness (QED) is 0.896. The summed E-state index contributed by atoms with van der Waals surface area (Å²) < 4.78 is 5.44. The van der Waals surface area contributed by atoms with Crippen molar-refractivity contribution in [2.75, 3.05) is 36.5 Å². The third-order valence-electron chi connectivity index (χ3n) is 5.08. The monoisotopic (exact) mass is 326 g/mol. The zero-order chi connectivity index (χ0) is 15.9. The molecule has 0 bridgehead atoms. The van der Waals surface area contributed by atoms with Crippen LogP contribution in [0.3, 0.4) is 0 Å². The smallest absolute Gasteiger partial charge is 0.227 e. The number of hydrogen-bond donors (Lipinski definition) is 2. The lowest BCUT2D eigenvalue weighted by molar-refractivity contribution is 0.122. The summed E-state index contributed by atoms with van der Waals surface area (Å²) in [5.41, 5.74) is 3.67. The highest BCUT2D eigenvalue weighted by atomic mass is 16.5. The molecule has 2 aliphatic carbocycles. The zero-order valence-electron chi connectivity index (χ0n) is 13.7. The summed E-state index contributed by atoms with van der Waals surface area (Å²) in [6, 6.07) is 2.12. The van der Waals surface area contributed by atoms with Gasteiger partial charge in [-0.3, -0.25) is 5.10 Å². The number of aryl methyl sites for hydroxylation is 1. The SMILES string of the molecule is c1c(Nc2nc(N3CCOCC3)nc3c2CCC3)n[nH]c1C1CC1. The average Bonchev–Trinajstić information content (AvgIpc) is 3.17. The lowest BCUT2D eigenvalue weighted by Gasteiger charge is -2.27. The number of aromatic nitrogens is 4. The molecule has 0 aromatic carbocycles. The second kappa shape index (κ2) is 5.73. The van der Waals surface area contributed by atoms with Crippen molar-refractivity contribution in [1.82, 2.24) is 20.2 Å². The molecule has 1 saturated carbocycles. The van der Waals surface area contributed by atoms with E-state index in [9.17, 15) is 0 Å². The van der Waals surface area contributed by atoms with E-state index in [1.54, 1.807) is 0 Å². The Kier molecular flexibility index (Phi) is 3.40. The third kappa shape index (κ3) is 2.62. The van der Waals surface area contributed by atoms with Crippen LogP contribution in [0.5, 0.6) is 0 Å². The van der Waals surface area contributed by atoms with Gasteiger partial charge in [0.25, 0.3) is 0 Å². The van der Waals surface area contributed by atoms with Gasteiger partial charge in [-0.05, 0) is 32.1 Å². The van der Waals surface area contributed by atoms with E-state index in [-0.39, 0.29) is 0 Å². The molecule has 2 aromatic rings. The lowest BCUT2D eigenvalue weighted by Crippen LogP contribution is -2.37. The van der Waals surface area contributed by atoms with Crippen LogP contribution in [0, 0.1) is 0 Å². The van der Waals surface area contributed by atoms with Gasteiger partial charge < -0.3 is 15.0 Å². The minimum atomic E-state index is 0.674. The van der Waals surface area contributed by atoms with Gasteiger partial charge in [0.1, 0.15) is 5.82 Å². The molecule has 2 aromatic heterocycles. The number of hydrogen-bond acceptors (Lipinski definition) is 6. The van der Waals surface area contributed by atoms with Crippen LogP contribution in [0.2, 0.25) is 0 Å². The van der Waals surface area contributed by atoms with E-state index in [1.807, 2.05) is 0 Å². The van der Waals surface area contributed by atoms with Crippen LogP contribution in [0.15, 0.2) is 6.07 Å². The van der Waals surface area contributed by atoms with Crippen molar-refractivity contribution < 1.29 is 4.74 Å². The normalized spacial score (nSPS) is 20.2. The number of fused-ring (bicyclic) bond motifs is 1. The van der Waals surface area contributed by atoms with Crippen LogP contribution in [-0.4, -0.2) is 46.5 Å². The van der Waals surface area contributed by atoms with E-state index >= 15 is 0 Å². The Morgan fingerprint density at radius 3 is 2.88 bits per heavy atom. The molecule has 126 valence electrons.